The molecule has 0 spiro atoms. The minimum Gasteiger partial charge on any atom is -0.335 e. The Morgan fingerprint density at radius 1 is 1.29 bits per heavy atom. The van der Waals surface area contributed by atoms with Gasteiger partial charge in [0.05, 0.1) is 5.69 Å². The summed E-state index contributed by atoms with van der Waals surface area (Å²) in [7, 11) is 0. The molecule has 0 unspecified atom stereocenters. The highest BCUT2D eigenvalue weighted by molar-refractivity contribution is 5.90. The van der Waals surface area contributed by atoms with E-state index in [-0.39, 0.29) is 12.1 Å². The third-order valence-corrected chi connectivity index (χ3v) is 3.44. The molecule has 1 heterocycles. The molecule has 2 N–H and O–H groups in total. The van der Waals surface area contributed by atoms with Crippen molar-refractivity contribution in [2.75, 3.05) is 5.32 Å². The van der Waals surface area contributed by atoms with Crippen LogP contribution in [0.25, 0.3) is 5.69 Å². The van der Waals surface area contributed by atoms with Crippen LogP contribution in [0.15, 0.2) is 24.5 Å². The number of carbonyl (C=O) groups is 1. The third-order valence-electron chi connectivity index (χ3n) is 3.44. The van der Waals surface area contributed by atoms with E-state index in [0.717, 1.165) is 16.9 Å². The Labute approximate surface area is 123 Å². The Morgan fingerprint density at radius 3 is 2.67 bits per heavy atom. The Morgan fingerprint density at radius 2 is 2.05 bits per heavy atom. The number of benzene rings is 1. The predicted molar refractivity (Wildman–Crippen MR) is 80.3 cm³/mol. The van der Waals surface area contributed by atoms with E-state index in [4.69, 9.17) is 0 Å². The fourth-order valence-electron chi connectivity index (χ4n) is 1.70. The van der Waals surface area contributed by atoms with Crippen LogP contribution in [0, 0.1) is 12.8 Å². The Hall–Kier alpha value is -2.44. The molecule has 1 atom stereocenters. The Kier molecular flexibility index (Phi) is 4.52. The maximum absolute atomic E-state index is 12.0. The van der Waals surface area contributed by atoms with Crippen molar-refractivity contribution in [2.45, 2.75) is 33.7 Å². The van der Waals surface area contributed by atoms with Gasteiger partial charge in [0.25, 0.3) is 0 Å². The quantitative estimate of drug-likeness (QED) is 0.902. The lowest BCUT2D eigenvalue weighted by molar-refractivity contribution is 0.246. The molecule has 1 aromatic heterocycles. The molecule has 0 aliphatic heterocycles. The first kappa shape index (κ1) is 15.0. The van der Waals surface area contributed by atoms with E-state index in [1.165, 1.54) is 6.33 Å². The first-order chi connectivity index (χ1) is 9.97. The van der Waals surface area contributed by atoms with Gasteiger partial charge in [0.2, 0.25) is 0 Å². The molecule has 0 saturated heterocycles. The maximum atomic E-state index is 12.0. The lowest BCUT2D eigenvalue weighted by Crippen LogP contribution is -2.39. The summed E-state index contributed by atoms with van der Waals surface area (Å²) < 4.78 is 1.54. The summed E-state index contributed by atoms with van der Waals surface area (Å²) >= 11 is 0. The van der Waals surface area contributed by atoms with Gasteiger partial charge in [0, 0.05) is 11.7 Å². The minimum absolute atomic E-state index is 0.105. The molecule has 112 valence electrons. The summed E-state index contributed by atoms with van der Waals surface area (Å²) in [5.41, 5.74) is 2.49. The van der Waals surface area contributed by atoms with Crippen LogP contribution in [0.4, 0.5) is 10.5 Å². The van der Waals surface area contributed by atoms with Gasteiger partial charge in [-0.2, -0.15) is 0 Å². The van der Waals surface area contributed by atoms with Crippen LogP contribution in [-0.4, -0.2) is 32.3 Å². The van der Waals surface area contributed by atoms with E-state index in [1.807, 2.05) is 32.0 Å². The van der Waals surface area contributed by atoms with Crippen LogP contribution in [0.5, 0.6) is 0 Å². The minimum atomic E-state index is -0.215. The van der Waals surface area contributed by atoms with Crippen molar-refractivity contribution in [1.82, 2.24) is 25.5 Å². The van der Waals surface area contributed by atoms with Crippen molar-refractivity contribution in [3.05, 3.63) is 30.1 Å². The van der Waals surface area contributed by atoms with Crippen molar-refractivity contribution in [2.24, 2.45) is 5.92 Å². The number of nitrogens with one attached hydrogen (secondary N) is 2. The zero-order valence-corrected chi connectivity index (χ0v) is 12.7. The standard InChI is InChI=1S/C14H20N6O/c1-9(2)11(4)16-14(21)17-13-7-12(6-5-10(13)3)20-8-15-18-19-20/h5-9,11H,1-4H3,(H2,16,17,21)/t11-/m0/s1. The van der Waals surface area contributed by atoms with Crippen LogP contribution in [0.2, 0.25) is 0 Å². The van der Waals surface area contributed by atoms with E-state index in [1.54, 1.807) is 4.68 Å². The number of rotatable bonds is 4. The second-order valence-electron chi connectivity index (χ2n) is 5.38. The molecule has 0 fully saturated rings. The number of tetrazole rings is 1. The van der Waals surface area contributed by atoms with E-state index in [0.29, 0.717) is 5.92 Å². The number of anilines is 1. The largest absolute Gasteiger partial charge is 0.335 e. The summed E-state index contributed by atoms with van der Waals surface area (Å²) in [4.78, 5) is 12.0. The zero-order valence-electron chi connectivity index (χ0n) is 12.7. The van der Waals surface area contributed by atoms with Crippen molar-refractivity contribution in [1.29, 1.82) is 0 Å². The SMILES string of the molecule is Cc1ccc(-n2cnnn2)cc1NC(=O)N[C@@H](C)C(C)C. The summed E-state index contributed by atoms with van der Waals surface area (Å²) in [5.74, 6) is 0.379. The fourth-order valence-corrected chi connectivity index (χ4v) is 1.70. The zero-order chi connectivity index (χ0) is 15.4. The second-order valence-corrected chi connectivity index (χ2v) is 5.38. The molecule has 2 aromatic rings. The van der Waals surface area contributed by atoms with Crippen molar-refractivity contribution in [3.8, 4) is 5.69 Å². The smallest absolute Gasteiger partial charge is 0.319 e. The van der Waals surface area contributed by atoms with Crippen LogP contribution in [0.3, 0.4) is 0 Å². The number of amides is 2. The summed E-state index contributed by atoms with van der Waals surface area (Å²) in [6.07, 6.45) is 1.51. The first-order valence-electron chi connectivity index (χ1n) is 6.89. The number of urea groups is 1. The molecule has 2 rings (SSSR count). The lowest BCUT2D eigenvalue weighted by Gasteiger charge is -2.18. The highest BCUT2D eigenvalue weighted by Gasteiger charge is 2.12. The van der Waals surface area contributed by atoms with Gasteiger partial charge < -0.3 is 10.6 Å². The highest BCUT2D eigenvalue weighted by atomic mass is 16.2. The first-order valence-corrected chi connectivity index (χ1v) is 6.89. The van der Waals surface area contributed by atoms with Gasteiger partial charge in [-0.1, -0.05) is 19.9 Å². The molecule has 0 saturated carbocycles. The van der Waals surface area contributed by atoms with Gasteiger partial charge >= 0.3 is 6.03 Å². The van der Waals surface area contributed by atoms with E-state index in [2.05, 4.69) is 40.0 Å². The van der Waals surface area contributed by atoms with Gasteiger partial charge in [-0.15, -0.1) is 5.10 Å². The number of carbonyl (C=O) groups excluding carboxylic acids is 1. The number of hydrogen-bond acceptors (Lipinski definition) is 4. The van der Waals surface area contributed by atoms with E-state index in [9.17, 15) is 4.79 Å². The molecule has 0 aliphatic carbocycles. The molecular formula is C14H20N6O. The topological polar surface area (TPSA) is 84.7 Å². The molecule has 7 nitrogen and oxygen atoms in total. The monoisotopic (exact) mass is 288 g/mol. The van der Waals surface area contributed by atoms with E-state index >= 15 is 0 Å². The molecule has 0 radical (unpaired) electrons. The van der Waals surface area contributed by atoms with Crippen LogP contribution >= 0.6 is 0 Å². The highest BCUT2D eigenvalue weighted by Crippen LogP contribution is 2.18. The van der Waals surface area contributed by atoms with Gasteiger partial charge in [-0.25, -0.2) is 9.48 Å². The van der Waals surface area contributed by atoms with Crippen LogP contribution < -0.4 is 10.6 Å². The number of nitrogens with zero attached hydrogens (tertiary/aromatic N) is 4. The Balaban J connectivity index is 2.12. The fraction of sp³-hybridized carbons (Fsp3) is 0.429. The van der Waals surface area contributed by atoms with Crippen LogP contribution in [-0.2, 0) is 0 Å². The number of aryl methyl sites for hydroxylation is 1. The normalized spacial score (nSPS) is 12.2. The van der Waals surface area contributed by atoms with Crippen molar-refractivity contribution < 1.29 is 4.79 Å². The Bertz CT molecular complexity index is 608. The van der Waals surface area contributed by atoms with E-state index < -0.39 is 0 Å². The molecule has 21 heavy (non-hydrogen) atoms. The number of hydrogen-bond donors (Lipinski definition) is 2. The predicted octanol–water partition coefficient (Wildman–Crippen LogP) is 2.14. The van der Waals surface area contributed by atoms with Gasteiger partial charge in [0.15, 0.2) is 0 Å². The van der Waals surface area contributed by atoms with Gasteiger partial charge in [0.1, 0.15) is 6.33 Å². The molecular weight excluding hydrogens is 268 g/mol. The summed E-state index contributed by atoms with van der Waals surface area (Å²) in [6.45, 7) is 8.04. The number of aromatic nitrogens is 4. The summed E-state index contributed by atoms with van der Waals surface area (Å²) in [5, 5.41) is 16.8. The molecule has 2 amide bonds. The molecule has 7 heteroatoms. The molecule has 0 bridgehead atoms. The lowest BCUT2D eigenvalue weighted by atomic mass is 10.1. The third kappa shape index (κ3) is 3.77. The van der Waals surface area contributed by atoms with Crippen molar-refractivity contribution >= 4 is 11.7 Å². The average molecular weight is 288 g/mol. The average Bonchev–Trinajstić information content (AvgIpc) is 2.95. The molecule has 0 aliphatic rings. The van der Waals surface area contributed by atoms with Crippen LogP contribution in [0.1, 0.15) is 26.3 Å². The summed E-state index contributed by atoms with van der Waals surface area (Å²) in [6, 6.07) is 5.54. The van der Waals surface area contributed by atoms with Crippen molar-refractivity contribution in [3.63, 3.8) is 0 Å². The maximum Gasteiger partial charge on any atom is 0.319 e. The van der Waals surface area contributed by atoms with Gasteiger partial charge in [-0.05, 0) is 47.9 Å². The molecule has 1 aromatic carbocycles. The van der Waals surface area contributed by atoms with Gasteiger partial charge in [-0.3, -0.25) is 0 Å². The second kappa shape index (κ2) is 6.34.